The van der Waals surface area contributed by atoms with Gasteiger partial charge in [-0.3, -0.25) is 4.79 Å². The summed E-state index contributed by atoms with van der Waals surface area (Å²) in [5.41, 5.74) is 1.09. The molecule has 0 bridgehead atoms. The number of rotatable bonds is 7. The summed E-state index contributed by atoms with van der Waals surface area (Å²) in [7, 11) is -2.04. The molecule has 5 nitrogen and oxygen atoms in total. The highest BCUT2D eigenvalue weighted by atomic mass is 28.4. The summed E-state index contributed by atoms with van der Waals surface area (Å²) in [5.74, 6) is -0.351. The first-order chi connectivity index (χ1) is 12.6. The number of carbonyl (C=O) groups excluding carboxylic acids is 1. The van der Waals surface area contributed by atoms with E-state index in [4.69, 9.17) is 18.6 Å². The third-order valence-electron chi connectivity index (χ3n) is 5.14. The van der Waals surface area contributed by atoms with Crippen molar-refractivity contribution in [3.8, 4) is 0 Å². The lowest BCUT2D eigenvalue weighted by atomic mass is 10.1. The molecular formula is C21H32O5Si. The predicted octanol–water partition coefficient (Wildman–Crippen LogP) is 4.44. The Morgan fingerprint density at radius 1 is 1.19 bits per heavy atom. The molecule has 1 aliphatic heterocycles. The van der Waals surface area contributed by atoms with Gasteiger partial charge in [-0.2, -0.15) is 0 Å². The number of carbonyl (C=O) groups is 1. The SMILES string of the molecule is CC(=O)O[C@H]1[C@H](O[Si](C)(C)C(C)(C)C)C=CO[C@@H]1COCc1ccccc1. The Labute approximate surface area is 163 Å². The van der Waals surface area contributed by atoms with E-state index in [0.29, 0.717) is 13.2 Å². The van der Waals surface area contributed by atoms with E-state index in [9.17, 15) is 4.79 Å². The molecule has 0 saturated heterocycles. The van der Waals surface area contributed by atoms with Gasteiger partial charge in [0.1, 0.15) is 6.10 Å². The molecule has 1 heterocycles. The van der Waals surface area contributed by atoms with Gasteiger partial charge in [0.15, 0.2) is 20.5 Å². The van der Waals surface area contributed by atoms with Crippen LogP contribution < -0.4 is 0 Å². The fraction of sp³-hybridized carbons (Fsp3) is 0.571. The molecular weight excluding hydrogens is 360 g/mol. The Bertz CT molecular complexity index is 636. The van der Waals surface area contributed by atoms with E-state index in [1.54, 1.807) is 6.26 Å². The van der Waals surface area contributed by atoms with E-state index in [2.05, 4.69) is 33.9 Å². The van der Waals surface area contributed by atoms with Crippen LogP contribution in [0.5, 0.6) is 0 Å². The van der Waals surface area contributed by atoms with Gasteiger partial charge in [0.2, 0.25) is 0 Å². The molecule has 0 aliphatic carbocycles. The molecule has 6 heteroatoms. The van der Waals surface area contributed by atoms with Gasteiger partial charge in [-0.25, -0.2) is 0 Å². The molecule has 0 aromatic heterocycles. The van der Waals surface area contributed by atoms with E-state index in [0.717, 1.165) is 5.56 Å². The fourth-order valence-electron chi connectivity index (χ4n) is 2.58. The first kappa shape index (κ1) is 21.7. The van der Waals surface area contributed by atoms with Crippen molar-refractivity contribution in [3.05, 3.63) is 48.2 Å². The highest BCUT2D eigenvalue weighted by Gasteiger charge is 2.44. The zero-order valence-electron chi connectivity index (χ0n) is 17.2. The maximum atomic E-state index is 11.7. The van der Waals surface area contributed by atoms with Crippen LogP contribution in [-0.4, -0.2) is 39.2 Å². The van der Waals surface area contributed by atoms with Crippen LogP contribution in [0.3, 0.4) is 0 Å². The molecule has 0 unspecified atom stereocenters. The normalized spacial score (nSPS) is 23.0. The van der Waals surface area contributed by atoms with E-state index in [1.165, 1.54) is 6.92 Å². The van der Waals surface area contributed by atoms with Crippen molar-refractivity contribution in [3.63, 3.8) is 0 Å². The molecule has 0 fully saturated rings. The maximum absolute atomic E-state index is 11.7. The molecule has 0 saturated carbocycles. The third-order valence-corrected chi connectivity index (χ3v) is 9.62. The van der Waals surface area contributed by atoms with Crippen molar-refractivity contribution < 1.29 is 23.4 Å². The average Bonchev–Trinajstić information content (AvgIpc) is 2.57. The van der Waals surface area contributed by atoms with Crippen molar-refractivity contribution >= 4 is 14.3 Å². The minimum absolute atomic E-state index is 0.0548. The number of benzene rings is 1. The predicted molar refractivity (Wildman–Crippen MR) is 108 cm³/mol. The van der Waals surface area contributed by atoms with Gasteiger partial charge in [-0.15, -0.1) is 0 Å². The largest absolute Gasteiger partial charge is 0.492 e. The second-order valence-corrected chi connectivity index (χ2v) is 13.2. The van der Waals surface area contributed by atoms with Crippen LogP contribution in [0.1, 0.15) is 33.3 Å². The van der Waals surface area contributed by atoms with Crippen molar-refractivity contribution in [2.75, 3.05) is 6.61 Å². The Hall–Kier alpha value is -1.63. The lowest BCUT2D eigenvalue weighted by molar-refractivity contribution is -0.165. The molecule has 2 rings (SSSR count). The van der Waals surface area contributed by atoms with E-state index in [1.807, 2.05) is 36.4 Å². The molecule has 0 N–H and O–H groups in total. The molecule has 1 aliphatic rings. The molecule has 0 spiro atoms. The lowest BCUT2D eigenvalue weighted by Crippen LogP contribution is -2.52. The lowest BCUT2D eigenvalue weighted by Gasteiger charge is -2.42. The smallest absolute Gasteiger partial charge is 0.303 e. The zero-order chi connectivity index (χ0) is 20.1. The monoisotopic (exact) mass is 392 g/mol. The Morgan fingerprint density at radius 3 is 2.44 bits per heavy atom. The van der Waals surface area contributed by atoms with Gasteiger partial charge >= 0.3 is 5.97 Å². The average molecular weight is 393 g/mol. The Kier molecular flexibility index (Phi) is 7.25. The highest BCUT2D eigenvalue weighted by Crippen LogP contribution is 2.38. The fourth-order valence-corrected chi connectivity index (χ4v) is 3.83. The van der Waals surface area contributed by atoms with Gasteiger partial charge in [0, 0.05) is 6.92 Å². The minimum Gasteiger partial charge on any atom is -0.492 e. The number of esters is 1. The summed E-state index contributed by atoms with van der Waals surface area (Å²) in [5, 5.41) is 0.0548. The van der Waals surface area contributed by atoms with Crippen LogP contribution in [0.4, 0.5) is 0 Å². The Morgan fingerprint density at radius 2 is 1.85 bits per heavy atom. The molecule has 1 aromatic rings. The third kappa shape index (κ3) is 6.19. The molecule has 0 amide bonds. The number of hydrogen-bond donors (Lipinski definition) is 0. The Balaban J connectivity index is 2.05. The van der Waals surface area contributed by atoms with Crippen LogP contribution in [0.25, 0.3) is 0 Å². The van der Waals surface area contributed by atoms with Crippen molar-refractivity contribution in [1.29, 1.82) is 0 Å². The maximum Gasteiger partial charge on any atom is 0.303 e. The van der Waals surface area contributed by atoms with Gasteiger partial charge in [-0.05, 0) is 29.8 Å². The quantitative estimate of drug-likeness (QED) is 0.507. The first-order valence-electron chi connectivity index (χ1n) is 9.39. The summed E-state index contributed by atoms with van der Waals surface area (Å²) in [6.45, 7) is 13.1. The number of hydrogen-bond acceptors (Lipinski definition) is 5. The van der Waals surface area contributed by atoms with E-state index in [-0.39, 0.29) is 17.1 Å². The second kappa shape index (κ2) is 9.04. The summed E-state index contributed by atoms with van der Waals surface area (Å²) in [4.78, 5) is 11.7. The van der Waals surface area contributed by atoms with Crippen molar-refractivity contribution in [1.82, 2.24) is 0 Å². The molecule has 3 atom stereocenters. The van der Waals surface area contributed by atoms with Crippen molar-refractivity contribution in [2.45, 2.75) is 70.7 Å². The summed E-state index contributed by atoms with van der Waals surface area (Å²) >= 11 is 0. The second-order valence-electron chi connectivity index (χ2n) is 8.42. The van der Waals surface area contributed by atoms with E-state index < -0.39 is 20.5 Å². The van der Waals surface area contributed by atoms with Crippen LogP contribution in [0.2, 0.25) is 18.1 Å². The summed E-state index contributed by atoms with van der Waals surface area (Å²) in [6, 6.07) is 9.94. The molecule has 1 aromatic carbocycles. The van der Waals surface area contributed by atoms with Gasteiger partial charge < -0.3 is 18.6 Å². The van der Waals surface area contributed by atoms with Gasteiger partial charge in [0.25, 0.3) is 0 Å². The standard InChI is InChI=1S/C21H32O5Si/c1-16(22)25-20-18(26-27(5,6)21(2,3)4)12-13-24-19(20)15-23-14-17-10-8-7-9-11-17/h7-13,18-20H,14-15H2,1-6H3/t18-,19-,20+/m1/s1. The van der Waals surface area contributed by atoms with Crippen molar-refractivity contribution in [2.24, 2.45) is 0 Å². The topological polar surface area (TPSA) is 54.0 Å². The molecule has 150 valence electrons. The molecule has 27 heavy (non-hydrogen) atoms. The zero-order valence-corrected chi connectivity index (χ0v) is 18.2. The highest BCUT2D eigenvalue weighted by molar-refractivity contribution is 6.74. The van der Waals surface area contributed by atoms with Crippen LogP contribution in [-0.2, 0) is 30.0 Å². The van der Waals surface area contributed by atoms with E-state index >= 15 is 0 Å². The summed E-state index contributed by atoms with van der Waals surface area (Å²) < 4.78 is 23.6. The number of ether oxygens (including phenoxy) is 3. The van der Waals surface area contributed by atoms with Crippen LogP contribution in [0, 0.1) is 0 Å². The minimum atomic E-state index is -2.04. The molecule has 0 radical (unpaired) electrons. The van der Waals surface area contributed by atoms with Crippen LogP contribution in [0.15, 0.2) is 42.7 Å². The first-order valence-corrected chi connectivity index (χ1v) is 12.3. The van der Waals surface area contributed by atoms with Gasteiger partial charge in [-0.1, -0.05) is 51.1 Å². The van der Waals surface area contributed by atoms with Gasteiger partial charge in [0.05, 0.1) is 19.5 Å². The van der Waals surface area contributed by atoms with Crippen LogP contribution >= 0.6 is 0 Å². The summed E-state index contributed by atoms with van der Waals surface area (Å²) in [6.07, 6.45) is 2.19.